The number of nitrogens with zero attached hydrogens (tertiary/aromatic N) is 1. The van der Waals surface area contributed by atoms with Crippen molar-refractivity contribution in [2.45, 2.75) is 5.88 Å². The Bertz CT molecular complexity index is 619. The van der Waals surface area contributed by atoms with Crippen LogP contribution in [0.1, 0.15) is 5.56 Å². The minimum atomic E-state index is -0.459. The highest BCUT2D eigenvalue weighted by molar-refractivity contribution is 9.10. The predicted molar refractivity (Wildman–Crippen MR) is 76.9 cm³/mol. The van der Waals surface area contributed by atoms with Gasteiger partial charge in [-0.1, -0.05) is 22.0 Å². The second-order valence-electron chi connectivity index (χ2n) is 3.74. The van der Waals surface area contributed by atoms with Crippen LogP contribution in [0.25, 0.3) is 0 Å². The summed E-state index contributed by atoms with van der Waals surface area (Å²) in [5.41, 5.74) is 0.577. The van der Waals surface area contributed by atoms with E-state index in [0.717, 1.165) is 4.47 Å². The van der Waals surface area contributed by atoms with Crippen LogP contribution in [0.2, 0.25) is 0 Å². The van der Waals surface area contributed by atoms with Gasteiger partial charge in [-0.3, -0.25) is 10.1 Å². The van der Waals surface area contributed by atoms with Crippen molar-refractivity contribution in [1.82, 2.24) is 0 Å². The Morgan fingerprint density at radius 1 is 1.26 bits per heavy atom. The molecule has 0 fully saturated rings. The fraction of sp³-hybridized carbons (Fsp3) is 0.0769. The second kappa shape index (κ2) is 6.04. The van der Waals surface area contributed by atoms with Gasteiger partial charge in [0.15, 0.2) is 0 Å². The molecule has 19 heavy (non-hydrogen) atoms. The number of nitro benzene ring substituents is 1. The Morgan fingerprint density at radius 3 is 2.68 bits per heavy atom. The maximum atomic E-state index is 10.7. The molecule has 0 aliphatic heterocycles. The zero-order valence-corrected chi connectivity index (χ0v) is 12.0. The van der Waals surface area contributed by atoms with Crippen molar-refractivity contribution in [2.24, 2.45) is 0 Å². The maximum absolute atomic E-state index is 10.7. The Balaban J connectivity index is 2.32. The van der Waals surface area contributed by atoms with Gasteiger partial charge in [0.25, 0.3) is 5.69 Å². The van der Waals surface area contributed by atoms with E-state index in [0.29, 0.717) is 17.1 Å². The minimum absolute atomic E-state index is 0.00255. The molecule has 0 bridgehead atoms. The van der Waals surface area contributed by atoms with E-state index < -0.39 is 4.92 Å². The third kappa shape index (κ3) is 3.45. The SMILES string of the molecule is O=[N+]([O-])c1ccc(Oc2cccc(Br)c2)c(CCl)c1. The van der Waals surface area contributed by atoms with Crippen molar-refractivity contribution >= 4 is 33.2 Å². The summed E-state index contributed by atoms with van der Waals surface area (Å²) in [5.74, 6) is 1.29. The van der Waals surface area contributed by atoms with Crippen LogP contribution in [0.15, 0.2) is 46.9 Å². The van der Waals surface area contributed by atoms with Crippen LogP contribution in [-0.4, -0.2) is 4.92 Å². The molecule has 0 N–H and O–H groups in total. The van der Waals surface area contributed by atoms with E-state index in [1.165, 1.54) is 12.1 Å². The first-order valence-electron chi connectivity index (χ1n) is 5.37. The third-order valence-corrected chi connectivity index (χ3v) is 3.20. The van der Waals surface area contributed by atoms with Gasteiger partial charge in [0, 0.05) is 22.2 Å². The molecule has 0 aromatic heterocycles. The van der Waals surface area contributed by atoms with E-state index in [9.17, 15) is 10.1 Å². The van der Waals surface area contributed by atoms with E-state index in [4.69, 9.17) is 16.3 Å². The summed E-state index contributed by atoms with van der Waals surface area (Å²) in [6.45, 7) is 0. The average Bonchev–Trinajstić information content (AvgIpc) is 2.39. The molecule has 0 aliphatic rings. The molecule has 0 amide bonds. The number of ether oxygens (including phenoxy) is 1. The van der Waals surface area contributed by atoms with E-state index in [2.05, 4.69) is 15.9 Å². The Morgan fingerprint density at radius 2 is 2.05 bits per heavy atom. The van der Waals surface area contributed by atoms with Gasteiger partial charge in [0.1, 0.15) is 11.5 Å². The molecule has 0 unspecified atom stereocenters. The number of halogens is 2. The van der Waals surface area contributed by atoms with Crippen molar-refractivity contribution < 1.29 is 9.66 Å². The van der Waals surface area contributed by atoms with Gasteiger partial charge < -0.3 is 4.74 Å². The lowest BCUT2D eigenvalue weighted by atomic mass is 10.2. The van der Waals surface area contributed by atoms with E-state index >= 15 is 0 Å². The summed E-state index contributed by atoms with van der Waals surface area (Å²) >= 11 is 9.14. The number of benzene rings is 2. The van der Waals surface area contributed by atoms with E-state index in [-0.39, 0.29) is 11.6 Å². The van der Waals surface area contributed by atoms with Gasteiger partial charge in [-0.25, -0.2) is 0 Å². The number of rotatable bonds is 4. The van der Waals surface area contributed by atoms with Crippen molar-refractivity contribution in [1.29, 1.82) is 0 Å². The highest BCUT2D eigenvalue weighted by atomic mass is 79.9. The molecule has 4 nitrogen and oxygen atoms in total. The Labute approximate surface area is 123 Å². The van der Waals surface area contributed by atoms with Gasteiger partial charge in [-0.05, 0) is 24.3 Å². The van der Waals surface area contributed by atoms with Crippen molar-refractivity contribution in [3.63, 3.8) is 0 Å². The molecule has 6 heteroatoms. The van der Waals surface area contributed by atoms with Crippen molar-refractivity contribution in [2.75, 3.05) is 0 Å². The molecule has 2 rings (SSSR count). The summed E-state index contributed by atoms with van der Waals surface area (Å²) in [7, 11) is 0. The second-order valence-corrected chi connectivity index (χ2v) is 4.93. The van der Waals surface area contributed by atoms with Crippen LogP contribution in [-0.2, 0) is 5.88 Å². The molecule has 0 heterocycles. The normalized spacial score (nSPS) is 10.2. The summed E-state index contributed by atoms with van der Waals surface area (Å²) in [5, 5.41) is 10.7. The summed E-state index contributed by atoms with van der Waals surface area (Å²) in [6, 6.07) is 11.7. The number of hydrogen-bond acceptors (Lipinski definition) is 3. The highest BCUT2D eigenvalue weighted by Crippen LogP contribution is 2.30. The first kappa shape index (κ1) is 13.8. The molecule has 0 aliphatic carbocycles. The summed E-state index contributed by atoms with van der Waals surface area (Å²) in [4.78, 5) is 10.2. The van der Waals surface area contributed by atoms with Crippen LogP contribution >= 0.6 is 27.5 Å². The molecular weight excluding hydrogens is 334 g/mol. The molecule has 0 atom stereocenters. The molecule has 0 spiro atoms. The lowest BCUT2D eigenvalue weighted by Crippen LogP contribution is -1.93. The number of non-ortho nitro benzene ring substituents is 1. The zero-order valence-electron chi connectivity index (χ0n) is 9.68. The lowest BCUT2D eigenvalue weighted by Gasteiger charge is -2.09. The fourth-order valence-electron chi connectivity index (χ4n) is 1.54. The minimum Gasteiger partial charge on any atom is -0.457 e. The molecule has 0 saturated heterocycles. The standard InChI is InChI=1S/C13H9BrClNO3/c14-10-2-1-3-12(7-10)19-13-5-4-11(16(17)18)6-9(13)8-15/h1-7H,8H2. The van der Waals surface area contributed by atoms with Gasteiger partial charge in [0.05, 0.1) is 10.8 Å². The molecule has 98 valence electrons. The topological polar surface area (TPSA) is 52.4 Å². The summed E-state index contributed by atoms with van der Waals surface area (Å²) in [6.07, 6.45) is 0. The van der Waals surface area contributed by atoms with Gasteiger partial charge in [-0.15, -0.1) is 11.6 Å². The fourth-order valence-corrected chi connectivity index (χ4v) is 2.13. The van der Waals surface area contributed by atoms with Gasteiger partial charge in [0.2, 0.25) is 0 Å². The van der Waals surface area contributed by atoms with Crippen molar-refractivity contribution in [3.8, 4) is 11.5 Å². The molecule has 2 aromatic rings. The van der Waals surface area contributed by atoms with E-state index in [1.54, 1.807) is 18.2 Å². The van der Waals surface area contributed by atoms with Gasteiger partial charge >= 0.3 is 0 Å². The Hall–Kier alpha value is -1.59. The number of nitro groups is 1. The molecular formula is C13H9BrClNO3. The van der Waals surface area contributed by atoms with Crippen LogP contribution < -0.4 is 4.74 Å². The number of alkyl halides is 1. The van der Waals surface area contributed by atoms with Crippen LogP contribution in [0.3, 0.4) is 0 Å². The largest absolute Gasteiger partial charge is 0.457 e. The zero-order chi connectivity index (χ0) is 13.8. The van der Waals surface area contributed by atoms with Crippen molar-refractivity contribution in [3.05, 3.63) is 62.6 Å². The first-order valence-corrected chi connectivity index (χ1v) is 6.69. The first-order chi connectivity index (χ1) is 9.10. The van der Waals surface area contributed by atoms with E-state index in [1.807, 2.05) is 12.1 Å². The lowest BCUT2D eigenvalue weighted by molar-refractivity contribution is -0.384. The van der Waals surface area contributed by atoms with Gasteiger partial charge in [-0.2, -0.15) is 0 Å². The highest BCUT2D eigenvalue weighted by Gasteiger charge is 2.11. The summed E-state index contributed by atoms with van der Waals surface area (Å²) < 4.78 is 6.57. The average molecular weight is 343 g/mol. The molecule has 0 radical (unpaired) electrons. The Kier molecular flexibility index (Phi) is 4.39. The smallest absolute Gasteiger partial charge is 0.270 e. The van der Waals surface area contributed by atoms with Crippen LogP contribution in [0.4, 0.5) is 5.69 Å². The maximum Gasteiger partial charge on any atom is 0.270 e. The molecule has 2 aromatic carbocycles. The predicted octanol–water partition coefficient (Wildman–Crippen LogP) is 4.89. The molecule has 0 saturated carbocycles. The van der Waals surface area contributed by atoms with Crippen LogP contribution in [0, 0.1) is 10.1 Å². The quantitative estimate of drug-likeness (QED) is 0.451. The monoisotopic (exact) mass is 341 g/mol. The van der Waals surface area contributed by atoms with Crippen LogP contribution in [0.5, 0.6) is 11.5 Å². The third-order valence-electron chi connectivity index (χ3n) is 2.42. The number of hydrogen-bond donors (Lipinski definition) is 0.